The van der Waals surface area contributed by atoms with Crippen LogP contribution in [0, 0.1) is 6.92 Å². The largest absolute Gasteiger partial charge is 0.364 e. The van der Waals surface area contributed by atoms with Crippen molar-refractivity contribution in [2.75, 3.05) is 5.32 Å². The molecule has 3 heterocycles. The molecular formula is C14H14N4. The number of hydrogen-bond donors (Lipinski definition) is 1. The van der Waals surface area contributed by atoms with Crippen molar-refractivity contribution in [3.63, 3.8) is 0 Å². The number of anilines is 1. The van der Waals surface area contributed by atoms with E-state index in [0.717, 1.165) is 17.2 Å². The molecule has 0 amide bonds. The fourth-order valence-corrected chi connectivity index (χ4v) is 1.87. The summed E-state index contributed by atoms with van der Waals surface area (Å²) in [5.41, 5.74) is 3.21. The molecule has 0 aliphatic rings. The molecule has 3 rings (SSSR count). The standard InChI is InChI=1S/C14H14N4/c1-11-5-7-18-10-12(17-14(18)8-11)9-16-13-4-2-3-6-15-13/h2-8,10H,9H2,1H3,(H,15,16). The van der Waals surface area contributed by atoms with Gasteiger partial charge >= 0.3 is 0 Å². The number of fused-ring (bicyclic) bond motifs is 1. The topological polar surface area (TPSA) is 42.2 Å². The quantitative estimate of drug-likeness (QED) is 0.762. The first-order valence-corrected chi connectivity index (χ1v) is 5.90. The normalized spacial score (nSPS) is 10.7. The minimum atomic E-state index is 0.678. The summed E-state index contributed by atoms with van der Waals surface area (Å²) in [6.45, 7) is 2.75. The monoisotopic (exact) mass is 238 g/mol. The summed E-state index contributed by atoms with van der Waals surface area (Å²) in [5, 5.41) is 3.25. The molecule has 3 aromatic rings. The van der Waals surface area contributed by atoms with Gasteiger partial charge < -0.3 is 9.72 Å². The maximum Gasteiger partial charge on any atom is 0.137 e. The van der Waals surface area contributed by atoms with Gasteiger partial charge in [-0.3, -0.25) is 0 Å². The Balaban J connectivity index is 1.79. The van der Waals surface area contributed by atoms with Crippen LogP contribution in [0.25, 0.3) is 5.65 Å². The number of nitrogens with one attached hydrogen (secondary N) is 1. The number of nitrogens with zero attached hydrogens (tertiary/aromatic N) is 3. The van der Waals surface area contributed by atoms with Crippen molar-refractivity contribution in [1.82, 2.24) is 14.4 Å². The summed E-state index contributed by atoms with van der Waals surface area (Å²) in [6.07, 6.45) is 5.84. The molecule has 0 saturated carbocycles. The zero-order valence-electron chi connectivity index (χ0n) is 10.2. The maximum absolute atomic E-state index is 4.56. The first-order chi connectivity index (χ1) is 8.81. The van der Waals surface area contributed by atoms with Gasteiger partial charge in [0.2, 0.25) is 0 Å². The molecule has 18 heavy (non-hydrogen) atoms. The summed E-state index contributed by atoms with van der Waals surface area (Å²) in [5.74, 6) is 0.866. The van der Waals surface area contributed by atoms with Gasteiger partial charge in [-0.25, -0.2) is 9.97 Å². The second kappa shape index (κ2) is 4.49. The number of hydrogen-bond acceptors (Lipinski definition) is 3. The Morgan fingerprint density at radius 1 is 1.28 bits per heavy atom. The molecule has 0 spiro atoms. The van der Waals surface area contributed by atoms with E-state index < -0.39 is 0 Å². The van der Waals surface area contributed by atoms with Crippen LogP contribution < -0.4 is 5.32 Å². The van der Waals surface area contributed by atoms with Crippen LogP contribution in [0.5, 0.6) is 0 Å². The van der Waals surface area contributed by atoms with Crippen LogP contribution in [0.2, 0.25) is 0 Å². The van der Waals surface area contributed by atoms with Gasteiger partial charge in [-0.15, -0.1) is 0 Å². The highest BCUT2D eigenvalue weighted by Gasteiger charge is 2.01. The number of pyridine rings is 2. The molecule has 4 nitrogen and oxygen atoms in total. The molecule has 0 aromatic carbocycles. The van der Waals surface area contributed by atoms with Crippen LogP contribution in [0.1, 0.15) is 11.3 Å². The molecule has 0 saturated heterocycles. The summed E-state index contributed by atoms with van der Waals surface area (Å²) in [4.78, 5) is 8.78. The molecular weight excluding hydrogens is 224 g/mol. The molecule has 0 bridgehead atoms. The van der Waals surface area contributed by atoms with E-state index in [9.17, 15) is 0 Å². The highest BCUT2D eigenvalue weighted by atomic mass is 15.0. The van der Waals surface area contributed by atoms with Crippen LogP contribution in [-0.4, -0.2) is 14.4 Å². The van der Waals surface area contributed by atoms with E-state index in [0.29, 0.717) is 6.54 Å². The lowest BCUT2D eigenvalue weighted by Gasteiger charge is -2.01. The number of rotatable bonds is 3. The van der Waals surface area contributed by atoms with Crippen LogP contribution in [0.4, 0.5) is 5.82 Å². The molecule has 0 aliphatic heterocycles. The lowest BCUT2D eigenvalue weighted by atomic mass is 10.3. The van der Waals surface area contributed by atoms with Gasteiger partial charge in [-0.05, 0) is 36.8 Å². The van der Waals surface area contributed by atoms with Crippen LogP contribution >= 0.6 is 0 Å². The second-order valence-corrected chi connectivity index (χ2v) is 4.27. The molecule has 0 fully saturated rings. The molecule has 0 atom stereocenters. The summed E-state index contributed by atoms with van der Waals surface area (Å²) in [6, 6.07) is 9.95. The molecule has 3 aromatic heterocycles. The van der Waals surface area contributed by atoms with E-state index >= 15 is 0 Å². The minimum absolute atomic E-state index is 0.678. The first-order valence-electron chi connectivity index (χ1n) is 5.90. The Morgan fingerprint density at radius 2 is 2.22 bits per heavy atom. The highest BCUT2D eigenvalue weighted by molar-refractivity contribution is 5.43. The molecule has 0 radical (unpaired) electrons. The van der Waals surface area contributed by atoms with Crippen molar-refractivity contribution in [3.8, 4) is 0 Å². The van der Waals surface area contributed by atoms with Crippen molar-refractivity contribution >= 4 is 11.5 Å². The lowest BCUT2D eigenvalue weighted by Crippen LogP contribution is -2.00. The Hall–Kier alpha value is -2.36. The second-order valence-electron chi connectivity index (χ2n) is 4.27. The molecule has 90 valence electrons. The van der Waals surface area contributed by atoms with Gasteiger partial charge in [0.15, 0.2) is 0 Å². The van der Waals surface area contributed by atoms with Gasteiger partial charge in [0, 0.05) is 18.6 Å². The molecule has 0 unspecified atom stereocenters. The average molecular weight is 238 g/mol. The van der Waals surface area contributed by atoms with E-state index in [4.69, 9.17) is 0 Å². The molecule has 4 heteroatoms. The fourth-order valence-electron chi connectivity index (χ4n) is 1.87. The van der Waals surface area contributed by atoms with Crippen molar-refractivity contribution in [2.24, 2.45) is 0 Å². The molecule has 1 N–H and O–H groups in total. The number of imidazole rings is 1. The van der Waals surface area contributed by atoms with Crippen LogP contribution in [-0.2, 0) is 6.54 Å². The third-order valence-electron chi connectivity index (χ3n) is 2.78. The van der Waals surface area contributed by atoms with Gasteiger partial charge in [-0.1, -0.05) is 6.07 Å². The van der Waals surface area contributed by atoms with E-state index in [1.165, 1.54) is 5.56 Å². The maximum atomic E-state index is 4.56. The van der Waals surface area contributed by atoms with Crippen molar-refractivity contribution in [2.45, 2.75) is 13.5 Å². The lowest BCUT2D eigenvalue weighted by molar-refractivity contribution is 1.06. The van der Waals surface area contributed by atoms with Gasteiger partial charge in [-0.2, -0.15) is 0 Å². The first kappa shape index (κ1) is 10.8. The number of aryl methyl sites for hydroxylation is 1. The number of aromatic nitrogens is 3. The van der Waals surface area contributed by atoms with Gasteiger partial charge in [0.1, 0.15) is 11.5 Å². The van der Waals surface area contributed by atoms with E-state index in [1.54, 1.807) is 6.20 Å². The zero-order valence-corrected chi connectivity index (χ0v) is 10.2. The van der Waals surface area contributed by atoms with E-state index in [1.807, 2.05) is 35.0 Å². The average Bonchev–Trinajstić information content (AvgIpc) is 2.79. The van der Waals surface area contributed by atoms with Crippen molar-refractivity contribution < 1.29 is 0 Å². The van der Waals surface area contributed by atoms with Crippen LogP contribution in [0.15, 0.2) is 48.9 Å². The zero-order chi connectivity index (χ0) is 12.4. The van der Waals surface area contributed by atoms with E-state index in [-0.39, 0.29) is 0 Å². The Kier molecular flexibility index (Phi) is 2.68. The Morgan fingerprint density at radius 3 is 3.06 bits per heavy atom. The summed E-state index contributed by atoms with van der Waals surface area (Å²) < 4.78 is 2.03. The SMILES string of the molecule is Cc1ccn2cc(CNc3ccccn3)nc2c1. The predicted molar refractivity (Wildman–Crippen MR) is 71.5 cm³/mol. The van der Waals surface area contributed by atoms with E-state index in [2.05, 4.69) is 34.3 Å². The fraction of sp³-hybridized carbons (Fsp3) is 0.143. The summed E-state index contributed by atoms with van der Waals surface area (Å²) in [7, 11) is 0. The van der Waals surface area contributed by atoms with Gasteiger partial charge in [0.05, 0.1) is 12.2 Å². The Labute approximate surface area is 105 Å². The predicted octanol–water partition coefficient (Wildman–Crippen LogP) is 2.65. The minimum Gasteiger partial charge on any atom is -0.364 e. The Bertz CT molecular complexity index is 658. The third-order valence-corrected chi connectivity index (χ3v) is 2.78. The third kappa shape index (κ3) is 2.18. The highest BCUT2D eigenvalue weighted by Crippen LogP contribution is 2.09. The van der Waals surface area contributed by atoms with Gasteiger partial charge in [0.25, 0.3) is 0 Å². The smallest absolute Gasteiger partial charge is 0.137 e. The molecule has 0 aliphatic carbocycles. The van der Waals surface area contributed by atoms with Crippen LogP contribution in [0.3, 0.4) is 0 Å². The summed E-state index contributed by atoms with van der Waals surface area (Å²) >= 11 is 0. The van der Waals surface area contributed by atoms with Crippen molar-refractivity contribution in [3.05, 3.63) is 60.2 Å². The van der Waals surface area contributed by atoms with Crippen molar-refractivity contribution in [1.29, 1.82) is 0 Å².